The highest BCUT2D eigenvalue weighted by Crippen LogP contribution is 2.38. The van der Waals surface area contributed by atoms with E-state index in [9.17, 15) is 9.18 Å². The molecular weight excluding hydrogens is 427 g/mol. The third kappa shape index (κ3) is 4.48. The van der Waals surface area contributed by atoms with E-state index in [0.717, 1.165) is 44.8 Å². The second-order valence-electron chi connectivity index (χ2n) is 7.30. The van der Waals surface area contributed by atoms with Crippen molar-refractivity contribution in [1.29, 1.82) is 0 Å². The molecule has 2 N–H and O–H groups in total. The van der Waals surface area contributed by atoms with Gasteiger partial charge in [0, 0.05) is 16.5 Å². The van der Waals surface area contributed by atoms with Gasteiger partial charge in [-0.3, -0.25) is 5.10 Å². The Kier molecular flexibility index (Phi) is 6.19. The minimum atomic E-state index is -1.00. The number of allylic oxidation sites excluding steroid dienone is 1. The van der Waals surface area contributed by atoms with Crippen LogP contribution >= 0.6 is 11.6 Å². The van der Waals surface area contributed by atoms with Crippen molar-refractivity contribution >= 4 is 45.7 Å². The zero-order valence-electron chi connectivity index (χ0n) is 17.3. The van der Waals surface area contributed by atoms with E-state index in [-0.39, 0.29) is 5.82 Å². The first-order valence-corrected chi connectivity index (χ1v) is 10.5. The summed E-state index contributed by atoms with van der Waals surface area (Å²) in [5.74, 6) is -1.36. The fourth-order valence-electron chi connectivity index (χ4n) is 3.77. The van der Waals surface area contributed by atoms with Crippen LogP contribution in [0.3, 0.4) is 0 Å². The predicted molar refractivity (Wildman–Crippen MR) is 127 cm³/mol. The van der Waals surface area contributed by atoms with Crippen LogP contribution in [0.2, 0.25) is 5.02 Å². The van der Waals surface area contributed by atoms with E-state index in [1.54, 1.807) is 12.3 Å². The van der Waals surface area contributed by atoms with Crippen LogP contribution in [0, 0.1) is 5.82 Å². The summed E-state index contributed by atoms with van der Waals surface area (Å²) >= 11 is 6.48. The third-order valence-corrected chi connectivity index (χ3v) is 5.59. The molecule has 4 aromatic rings. The van der Waals surface area contributed by atoms with Crippen LogP contribution in [0.1, 0.15) is 35.6 Å². The Labute approximate surface area is 189 Å². The zero-order chi connectivity index (χ0) is 22.7. The summed E-state index contributed by atoms with van der Waals surface area (Å²) in [6, 6.07) is 17.9. The second kappa shape index (κ2) is 9.20. The lowest BCUT2D eigenvalue weighted by molar-refractivity contribution is -0.131. The molecule has 160 valence electrons. The van der Waals surface area contributed by atoms with Gasteiger partial charge in [0.2, 0.25) is 0 Å². The molecule has 0 spiro atoms. The Morgan fingerprint density at radius 2 is 1.84 bits per heavy atom. The molecule has 0 saturated heterocycles. The van der Waals surface area contributed by atoms with Crippen LogP contribution < -0.4 is 0 Å². The van der Waals surface area contributed by atoms with Crippen LogP contribution in [-0.2, 0) is 4.79 Å². The van der Waals surface area contributed by atoms with Crippen LogP contribution in [0.5, 0.6) is 0 Å². The lowest BCUT2D eigenvalue weighted by atomic mass is 9.87. The van der Waals surface area contributed by atoms with Crippen LogP contribution in [0.4, 0.5) is 4.39 Å². The Morgan fingerprint density at radius 1 is 1.09 bits per heavy atom. The Bertz CT molecular complexity index is 1350. The molecule has 1 aromatic heterocycles. The summed E-state index contributed by atoms with van der Waals surface area (Å²) in [6.07, 6.45) is 5.03. The number of nitrogens with zero attached hydrogens (tertiary/aromatic N) is 1. The maximum atomic E-state index is 14.1. The molecule has 0 bridgehead atoms. The standard InChI is InChI=1S/C26H20ClFN2O2/c1-2-21(22-14-20(28)9-10-23(22)27)26(18-8-11-24-19(13-18)15-29-30-24)17-6-3-16(4-7-17)5-12-25(31)32/h3-15H,2H2,1H3,(H,29,30)(H,31,32)/b12-5+,26-21+. The largest absolute Gasteiger partial charge is 0.478 e. The first-order chi connectivity index (χ1) is 15.5. The Hall–Kier alpha value is -3.70. The number of carbonyl (C=O) groups is 1. The number of halogens is 2. The van der Waals surface area contributed by atoms with E-state index in [1.807, 2.05) is 49.4 Å². The summed E-state index contributed by atoms with van der Waals surface area (Å²) in [6.45, 7) is 2.01. The summed E-state index contributed by atoms with van der Waals surface area (Å²) in [5.41, 5.74) is 6.03. The molecule has 0 aliphatic heterocycles. The molecule has 0 radical (unpaired) electrons. The number of nitrogens with one attached hydrogen (secondary N) is 1. The summed E-state index contributed by atoms with van der Waals surface area (Å²) < 4.78 is 14.1. The summed E-state index contributed by atoms with van der Waals surface area (Å²) in [4.78, 5) is 10.8. The van der Waals surface area contributed by atoms with Crippen LogP contribution in [0.25, 0.3) is 28.1 Å². The van der Waals surface area contributed by atoms with E-state index in [2.05, 4.69) is 10.2 Å². The number of fused-ring (bicyclic) bond motifs is 1. The molecule has 0 aliphatic carbocycles. The van der Waals surface area contributed by atoms with Crippen molar-refractivity contribution < 1.29 is 14.3 Å². The number of carboxylic acid groups (broad SMARTS) is 1. The Morgan fingerprint density at radius 3 is 2.56 bits per heavy atom. The summed E-state index contributed by atoms with van der Waals surface area (Å²) in [5, 5.41) is 17.4. The van der Waals surface area contributed by atoms with Gasteiger partial charge in [0.25, 0.3) is 0 Å². The van der Waals surface area contributed by atoms with E-state index in [0.29, 0.717) is 17.0 Å². The third-order valence-electron chi connectivity index (χ3n) is 5.26. The van der Waals surface area contributed by atoms with E-state index in [1.165, 1.54) is 18.2 Å². The van der Waals surface area contributed by atoms with Gasteiger partial charge in [0.05, 0.1) is 11.7 Å². The van der Waals surface area contributed by atoms with Crippen molar-refractivity contribution in [2.24, 2.45) is 0 Å². The second-order valence-corrected chi connectivity index (χ2v) is 7.70. The van der Waals surface area contributed by atoms with E-state index in [4.69, 9.17) is 16.7 Å². The predicted octanol–water partition coefficient (Wildman–Crippen LogP) is 6.82. The molecule has 4 rings (SSSR count). The van der Waals surface area contributed by atoms with Crippen molar-refractivity contribution in [1.82, 2.24) is 10.2 Å². The molecule has 6 heteroatoms. The number of benzene rings is 3. The molecule has 0 fully saturated rings. The van der Waals surface area contributed by atoms with Crippen molar-refractivity contribution in [2.45, 2.75) is 13.3 Å². The highest BCUT2D eigenvalue weighted by atomic mass is 35.5. The monoisotopic (exact) mass is 446 g/mol. The molecule has 0 amide bonds. The summed E-state index contributed by atoms with van der Waals surface area (Å²) in [7, 11) is 0. The van der Waals surface area contributed by atoms with Gasteiger partial charge in [-0.05, 0) is 76.2 Å². The molecule has 0 atom stereocenters. The number of rotatable bonds is 6. The normalized spacial score (nSPS) is 12.3. The fraction of sp³-hybridized carbons (Fsp3) is 0.0769. The molecule has 0 unspecified atom stereocenters. The molecule has 3 aromatic carbocycles. The van der Waals surface area contributed by atoms with Crippen molar-refractivity contribution in [3.8, 4) is 0 Å². The number of aromatic amines is 1. The highest BCUT2D eigenvalue weighted by Gasteiger charge is 2.16. The van der Waals surface area contributed by atoms with Crippen molar-refractivity contribution in [3.05, 3.63) is 106 Å². The number of H-pyrrole nitrogens is 1. The van der Waals surface area contributed by atoms with Gasteiger partial charge in [-0.2, -0.15) is 5.10 Å². The highest BCUT2D eigenvalue weighted by molar-refractivity contribution is 6.32. The maximum absolute atomic E-state index is 14.1. The molecule has 4 nitrogen and oxygen atoms in total. The fourth-order valence-corrected chi connectivity index (χ4v) is 4.00. The lowest BCUT2D eigenvalue weighted by Crippen LogP contribution is -1.97. The number of aromatic nitrogens is 2. The molecule has 0 saturated carbocycles. The maximum Gasteiger partial charge on any atom is 0.328 e. The van der Waals surface area contributed by atoms with Crippen LogP contribution in [0.15, 0.2) is 72.9 Å². The average Bonchev–Trinajstić information content (AvgIpc) is 3.26. The van der Waals surface area contributed by atoms with Gasteiger partial charge >= 0.3 is 5.97 Å². The van der Waals surface area contributed by atoms with Crippen molar-refractivity contribution in [3.63, 3.8) is 0 Å². The van der Waals surface area contributed by atoms with E-state index < -0.39 is 5.97 Å². The number of hydrogen-bond acceptors (Lipinski definition) is 2. The molecule has 0 aliphatic rings. The van der Waals surface area contributed by atoms with Gasteiger partial charge in [-0.15, -0.1) is 0 Å². The number of hydrogen-bond donors (Lipinski definition) is 2. The van der Waals surface area contributed by atoms with Gasteiger partial charge < -0.3 is 5.11 Å². The Balaban J connectivity index is 1.94. The first kappa shape index (κ1) is 21.5. The first-order valence-electron chi connectivity index (χ1n) is 10.1. The minimum absolute atomic E-state index is 0.353. The van der Waals surface area contributed by atoms with E-state index >= 15 is 0 Å². The van der Waals surface area contributed by atoms with Crippen molar-refractivity contribution in [2.75, 3.05) is 0 Å². The number of aliphatic carboxylic acids is 1. The van der Waals surface area contributed by atoms with Gasteiger partial charge in [0.1, 0.15) is 5.82 Å². The molecular formula is C26H20ClFN2O2. The quantitative estimate of drug-likeness (QED) is 0.252. The SMILES string of the molecule is CC/C(=C(/c1ccc(/C=C/C(=O)O)cc1)c1ccc2[nH]ncc2c1)c1cc(F)ccc1Cl. The molecule has 1 heterocycles. The zero-order valence-corrected chi connectivity index (χ0v) is 18.0. The van der Waals surface area contributed by atoms with Gasteiger partial charge in [0.15, 0.2) is 0 Å². The molecule has 32 heavy (non-hydrogen) atoms. The van der Waals surface area contributed by atoms with Crippen LogP contribution in [-0.4, -0.2) is 21.3 Å². The lowest BCUT2D eigenvalue weighted by Gasteiger charge is -2.18. The number of carboxylic acids is 1. The smallest absolute Gasteiger partial charge is 0.328 e. The average molecular weight is 447 g/mol. The van der Waals surface area contributed by atoms with Gasteiger partial charge in [-0.1, -0.05) is 48.9 Å². The van der Waals surface area contributed by atoms with Gasteiger partial charge in [-0.25, -0.2) is 9.18 Å². The topological polar surface area (TPSA) is 66.0 Å². The minimum Gasteiger partial charge on any atom is -0.478 e.